The number of allylic oxidation sites excluding steroid dienone is 1. The lowest BCUT2D eigenvalue weighted by molar-refractivity contribution is 0.163. The summed E-state index contributed by atoms with van der Waals surface area (Å²) in [4.78, 5) is 5.66. The Labute approximate surface area is 137 Å². The number of nitrogens with two attached hydrogens (primary N) is 1. The Morgan fingerprint density at radius 3 is 2.38 bits per heavy atom. The van der Waals surface area contributed by atoms with Crippen LogP contribution in [0.4, 0.5) is 0 Å². The van der Waals surface area contributed by atoms with Crippen molar-refractivity contribution in [2.45, 2.75) is 60.4 Å². The predicted molar refractivity (Wildman–Crippen MR) is 98.9 cm³/mol. The number of rotatable bonds is 9. The van der Waals surface area contributed by atoms with Crippen LogP contribution in [0.1, 0.15) is 54.4 Å². The average molecular weight is 309 g/mol. The van der Waals surface area contributed by atoms with E-state index in [1.807, 2.05) is 6.21 Å². The first kappa shape index (κ1) is 20.6. The van der Waals surface area contributed by atoms with Gasteiger partial charge in [-0.15, -0.1) is 11.8 Å². The van der Waals surface area contributed by atoms with Crippen LogP contribution in [0.2, 0.25) is 0 Å². The highest BCUT2D eigenvalue weighted by atomic mass is 32.2. The number of hydrogen-bond donors (Lipinski definition) is 2. The van der Waals surface area contributed by atoms with Gasteiger partial charge in [0.25, 0.3) is 0 Å². The molecule has 0 saturated carbocycles. The maximum Gasteiger partial charge on any atom is 0.177 e. The number of nitrogens with one attached hydrogen (secondary N) is 1. The fourth-order valence-corrected chi connectivity index (χ4v) is 2.61. The van der Waals surface area contributed by atoms with Gasteiger partial charge < -0.3 is 11.0 Å². The Balaban J connectivity index is 4.54. The molecule has 3 nitrogen and oxygen atoms in total. The van der Waals surface area contributed by atoms with Crippen molar-refractivity contribution in [3.8, 4) is 0 Å². The first-order valence-corrected chi connectivity index (χ1v) is 8.67. The molecular formula is C16H32BN3S. The summed E-state index contributed by atoms with van der Waals surface area (Å²) in [6, 6.07) is 0.298. The van der Waals surface area contributed by atoms with E-state index in [-0.39, 0.29) is 10.8 Å². The van der Waals surface area contributed by atoms with E-state index in [4.69, 9.17) is 13.7 Å². The lowest BCUT2D eigenvalue weighted by Crippen LogP contribution is -2.32. The Kier molecular flexibility index (Phi) is 9.38. The molecule has 5 heteroatoms. The molecule has 1 unspecified atom stereocenters. The molecule has 0 aromatic rings. The Bertz CT molecular complexity index is 346. The summed E-state index contributed by atoms with van der Waals surface area (Å²) in [5, 5.41) is 2.68. The minimum Gasteiger partial charge on any atom is -0.404 e. The first-order valence-electron chi connectivity index (χ1n) is 7.69. The average Bonchev–Trinajstić information content (AvgIpc) is 2.40. The fourth-order valence-electron chi connectivity index (χ4n) is 1.42. The SMILES string of the molecule is [B]NCCC(CC)N=CC(=CN)SCC(C)(C)C(C)(C)C. The molecule has 0 spiro atoms. The zero-order chi connectivity index (χ0) is 16.5. The highest BCUT2D eigenvalue weighted by Gasteiger charge is 2.32. The van der Waals surface area contributed by atoms with Crippen LogP contribution in [0.25, 0.3) is 0 Å². The summed E-state index contributed by atoms with van der Waals surface area (Å²) in [6.07, 6.45) is 5.52. The molecule has 3 N–H and O–H groups in total. The summed E-state index contributed by atoms with van der Waals surface area (Å²) in [5.41, 5.74) is 6.22. The summed E-state index contributed by atoms with van der Waals surface area (Å²) in [5.74, 6) is 1.02. The highest BCUT2D eigenvalue weighted by molar-refractivity contribution is 8.03. The van der Waals surface area contributed by atoms with Crippen molar-refractivity contribution >= 4 is 26.0 Å². The van der Waals surface area contributed by atoms with Crippen LogP contribution in [-0.2, 0) is 0 Å². The van der Waals surface area contributed by atoms with Crippen LogP contribution in [0.3, 0.4) is 0 Å². The van der Waals surface area contributed by atoms with Crippen LogP contribution < -0.4 is 11.0 Å². The smallest absolute Gasteiger partial charge is 0.177 e. The zero-order valence-electron chi connectivity index (χ0n) is 14.6. The van der Waals surface area contributed by atoms with Crippen molar-refractivity contribution in [1.29, 1.82) is 0 Å². The third-order valence-electron chi connectivity index (χ3n) is 4.30. The van der Waals surface area contributed by atoms with Crippen LogP contribution in [0.5, 0.6) is 0 Å². The van der Waals surface area contributed by atoms with E-state index >= 15 is 0 Å². The van der Waals surface area contributed by atoms with Crippen molar-refractivity contribution in [3.05, 3.63) is 11.1 Å². The van der Waals surface area contributed by atoms with Gasteiger partial charge >= 0.3 is 0 Å². The van der Waals surface area contributed by atoms with Crippen molar-refractivity contribution in [3.63, 3.8) is 0 Å². The number of aliphatic imine (C=N–C) groups is 1. The molecule has 1 atom stereocenters. The van der Waals surface area contributed by atoms with Gasteiger partial charge in [-0.25, -0.2) is 0 Å². The standard InChI is InChI=1S/C16H32BN3S/c1-7-13(8-9-20-17)19-11-14(10-18)21-12-16(5,6)15(2,3)4/h10-11,13,20H,7-9,12,18H2,1-6H3. The molecule has 120 valence electrons. The summed E-state index contributed by atoms with van der Waals surface area (Å²) in [7, 11) is 5.31. The van der Waals surface area contributed by atoms with E-state index in [0.29, 0.717) is 6.04 Å². The second-order valence-corrected chi connectivity index (χ2v) is 8.12. The molecule has 0 heterocycles. The summed E-state index contributed by atoms with van der Waals surface area (Å²) < 4.78 is 0. The van der Waals surface area contributed by atoms with Crippen LogP contribution in [-0.4, -0.2) is 32.5 Å². The molecule has 0 aromatic carbocycles. The van der Waals surface area contributed by atoms with E-state index in [9.17, 15) is 0 Å². The van der Waals surface area contributed by atoms with Gasteiger partial charge in [-0.05, 0) is 30.2 Å². The highest BCUT2D eigenvalue weighted by Crippen LogP contribution is 2.41. The third-order valence-corrected chi connectivity index (χ3v) is 5.74. The molecule has 0 aromatic heterocycles. The molecule has 0 saturated heterocycles. The van der Waals surface area contributed by atoms with E-state index in [0.717, 1.165) is 30.0 Å². The van der Waals surface area contributed by atoms with Gasteiger partial charge in [0.2, 0.25) is 0 Å². The second kappa shape index (κ2) is 9.57. The summed E-state index contributed by atoms with van der Waals surface area (Å²) in [6.45, 7) is 14.4. The van der Waals surface area contributed by atoms with Crippen LogP contribution in [0, 0.1) is 10.8 Å². The monoisotopic (exact) mass is 309 g/mol. The predicted octanol–water partition coefficient (Wildman–Crippen LogP) is 3.50. The lowest BCUT2D eigenvalue weighted by atomic mass is 9.71. The van der Waals surface area contributed by atoms with Crippen LogP contribution in [0.15, 0.2) is 16.1 Å². The molecule has 21 heavy (non-hydrogen) atoms. The molecule has 2 radical (unpaired) electrons. The minimum atomic E-state index is 0.230. The maximum atomic E-state index is 5.73. The number of hydrogen-bond acceptors (Lipinski definition) is 4. The third kappa shape index (κ3) is 7.96. The van der Waals surface area contributed by atoms with Crippen LogP contribution >= 0.6 is 11.8 Å². The molecule has 0 fully saturated rings. The molecule has 0 bridgehead atoms. The van der Waals surface area contributed by atoms with Gasteiger partial charge in [-0.2, -0.15) is 0 Å². The molecule has 0 rings (SSSR count). The lowest BCUT2D eigenvalue weighted by Gasteiger charge is -2.38. The van der Waals surface area contributed by atoms with Gasteiger partial charge in [-0.1, -0.05) is 41.5 Å². The quantitative estimate of drug-likeness (QED) is 0.506. The van der Waals surface area contributed by atoms with Crippen molar-refractivity contribution in [2.75, 3.05) is 12.3 Å². The topological polar surface area (TPSA) is 50.4 Å². The largest absolute Gasteiger partial charge is 0.404 e. The van der Waals surface area contributed by atoms with E-state index in [1.165, 1.54) is 0 Å². The molecule has 0 aliphatic carbocycles. The molecular weight excluding hydrogens is 277 g/mol. The number of nitrogens with zero attached hydrogens (tertiary/aromatic N) is 1. The summed E-state index contributed by atoms with van der Waals surface area (Å²) >= 11 is 1.78. The molecule has 0 amide bonds. The second-order valence-electron chi connectivity index (χ2n) is 7.07. The zero-order valence-corrected chi connectivity index (χ0v) is 15.4. The van der Waals surface area contributed by atoms with Crippen molar-refractivity contribution < 1.29 is 0 Å². The van der Waals surface area contributed by atoms with E-state index in [2.05, 4.69) is 51.8 Å². The molecule has 0 aliphatic heterocycles. The Hall–Kier alpha value is -0.415. The minimum absolute atomic E-state index is 0.230. The van der Waals surface area contributed by atoms with Crippen molar-refractivity contribution in [2.24, 2.45) is 21.6 Å². The first-order chi connectivity index (χ1) is 9.67. The molecule has 0 aliphatic rings. The van der Waals surface area contributed by atoms with E-state index < -0.39 is 0 Å². The normalized spacial score (nSPS) is 15.6. The maximum absolute atomic E-state index is 5.73. The van der Waals surface area contributed by atoms with E-state index in [1.54, 1.807) is 18.0 Å². The van der Waals surface area contributed by atoms with Gasteiger partial charge in [0.15, 0.2) is 7.98 Å². The Morgan fingerprint density at radius 2 is 1.95 bits per heavy atom. The van der Waals surface area contributed by atoms with Gasteiger partial charge in [-0.3, -0.25) is 4.99 Å². The van der Waals surface area contributed by atoms with Gasteiger partial charge in [0, 0.05) is 23.1 Å². The van der Waals surface area contributed by atoms with Crippen molar-refractivity contribution in [1.82, 2.24) is 5.23 Å². The fraction of sp³-hybridized carbons (Fsp3) is 0.812. The van der Waals surface area contributed by atoms with Gasteiger partial charge in [0.05, 0.1) is 6.04 Å². The Morgan fingerprint density at radius 1 is 1.33 bits per heavy atom. The number of thioether (sulfide) groups is 1. The van der Waals surface area contributed by atoms with Gasteiger partial charge in [0.1, 0.15) is 0 Å².